The molecule has 5 heteroatoms. The Morgan fingerprint density at radius 1 is 1.24 bits per heavy atom. The van der Waals surface area contributed by atoms with E-state index in [4.69, 9.17) is 4.74 Å². The zero-order chi connectivity index (χ0) is 15.2. The second kappa shape index (κ2) is 7.22. The first kappa shape index (κ1) is 15.5. The molecule has 0 atom stereocenters. The molecule has 21 heavy (non-hydrogen) atoms. The lowest BCUT2D eigenvalue weighted by Gasteiger charge is -2.08. The number of nitrogens with one attached hydrogen (secondary N) is 1. The molecule has 0 aliphatic rings. The molecule has 1 N–H and O–H groups in total. The number of carbonyl (C=O) groups excluding carboxylic acids is 1. The van der Waals surface area contributed by atoms with Crippen LogP contribution in [0.2, 0.25) is 0 Å². The van der Waals surface area contributed by atoms with Gasteiger partial charge in [-0.25, -0.2) is 4.39 Å². The molecule has 0 saturated heterocycles. The molecule has 0 bridgehead atoms. The number of amides is 1. The van der Waals surface area contributed by atoms with Crippen molar-refractivity contribution in [3.05, 3.63) is 63.9 Å². The van der Waals surface area contributed by atoms with Gasteiger partial charge in [0.05, 0.1) is 12.1 Å². The predicted octanol–water partition coefficient (Wildman–Crippen LogP) is 3.71. The zero-order valence-electron chi connectivity index (χ0n) is 11.5. The van der Waals surface area contributed by atoms with E-state index in [-0.39, 0.29) is 5.56 Å². The third-order valence-corrected chi connectivity index (χ3v) is 3.34. The van der Waals surface area contributed by atoms with Gasteiger partial charge in [-0.2, -0.15) is 0 Å². The van der Waals surface area contributed by atoms with Gasteiger partial charge >= 0.3 is 0 Å². The van der Waals surface area contributed by atoms with Crippen molar-refractivity contribution >= 4 is 21.8 Å². The maximum absolute atomic E-state index is 13.5. The Morgan fingerprint density at radius 3 is 2.67 bits per heavy atom. The van der Waals surface area contributed by atoms with Crippen molar-refractivity contribution in [1.82, 2.24) is 5.32 Å². The molecule has 0 aromatic heterocycles. The molecule has 0 spiro atoms. The zero-order valence-corrected chi connectivity index (χ0v) is 13.1. The average molecular weight is 352 g/mol. The Labute approximate surface area is 131 Å². The topological polar surface area (TPSA) is 38.3 Å². The Hall–Kier alpha value is -1.88. The number of ether oxygens (including phenoxy) is 1. The van der Waals surface area contributed by atoms with Crippen LogP contribution in [0.5, 0.6) is 5.75 Å². The summed E-state index contributed by atoms with van der Waals surface area (Å²) in [5, 5.41) is 2.62. The molecule has 0 fully saturated rings. The summed E-state index contributed by atoms with van der Waals surface area (Å²) < 4.78 is 19.7. The number of carbonyl (C=O) groups is 1. The van der Waals surface area contributed by atoms with Crippen molar-refractivity contribution in [3.8, 4) is 5.75 Å². The van der Waals surface area contributed by atoms with Crippen molar-refractivity contribution in [1.29, 1.82) is 0 Å². The summed E-state index contributed by atoms with van der Waals surface area (Å²) in [7, 11) is 0. The van der Waals surface area contributed by atoms with Gasteiger partial charge in [0, 0.05) is 4.47 Å². The van der Waals surface area contributed by atoms with E-state index in [2.05, 4.69) is 21.2 Å². The summed E-state index contributed by atoms with van der Waals surface area (Å²) in [5.41, 5.74) is 1.17. The maximum Gasteiger partial charge on any atom is 0.254 e. The van der Waals surface area contributed by atoms with Crippen LogP contribution < -0.4 is 10.1 Å². The van der Waals surface area contributed by atoms with Gasteiger partial charge in [0.1, 0.15) is 18.2 Å². The number of benzene rings is 2. The molecule has 0 aliphatic carbocycles. The quantitative estimate of drug-likeness (QED) is 0.834. The summed E-state index contributed by atoms with van der Waals surface area (Å²) in [6.07, 6.45) is 0. The van der Waals surface area contributed by atoms with Gasteiger partial charge in [0.2, 0.25) is 0 Å². The van der Waals surface area contributed by atoms with E-state index in [1.165, 1.54) is 12.1 Å². The second-order valence-electron chi connectivity index (χ2n) is 4.54. The molecule has 2 aromatic rings. The highest BCUT2D eigenvalue weighted by molar-refractivity contribution is 9.10. The Morgan fingerprint density at radius 2 is 1.95 bits per heavy atom. The third-order valence-electron chi connectivity index (χ3n) is 2.85. The summed E-state index contributed by atoms with van der Waals surface area (Å²) in [5.74, 6) is -0.264. The van der Waals surface area contributed by atoms with Gasteiger partial charge in [-0.05, 0) is 37.3 Å². The normalized spacial score (nSPS) is 10.2. The van der Waals surface area contributed by atoms with Crippen LogP contribution in [0.25, 0.3) is 0 Å². The van der Waals surface area contributed by atoms with E-state index in [1.807, 2.05) is 31.2 Å². The molecule has 110 valence electrons. The van der Waals surface area contributed by atoms with Gasteiger partial charge in [-0.3, -0.25) is 4.79 Å². The fraction of sp³-hybridized carbons (Fsp3) is 0.188. The van der Waals surface area contributed by atoms with Crippen molar-refractivity contribution in [2.75, 3.05) is 13.2 Å². The SMILES string of the molecule is Cc1ccc(OCCNC(=O)c2cc(Br)ccc2F)cc1. The molecular weight excluding hydrogens is 337 g/mol. The van der Waals surface area contributed by atoms with Crippen LogP contribution in [0, 0.1) is 12.7 Å². The van der Waals surface area contributed by atoms with E-state index in [0.29, 0.717) is 17.6 Å². The van der Waals surface area contributed by atoms with Crippen molar-refractivity contribution in [2.24, 2.45) is 0 Å². The fourth-order valence-corrected chi connectivity index (χ4v) is 2.10. The largest absolute Gasteiger partial charge is 0.492 e. The second-order valence-corrected chi connectivity index (χ2v) is 5.46. The fourth-order valence-electron chi connectivity index (χ4n) is 1.73. The number of aryl methyl sites for hydroxylation is 1. The molecule has 0 saturated carbocycles. The smallest absolute Gasteiger partial charge is 0.254 e. The number of rotatable bonds is 5. The van der Waals surface area contributed by atoms with E-state index in [1.54, 1.807) is 6.07 Å². The number of halogens is 2. The van der Waals surface area contributed by atoms with Gasteiger partial charge in [0.15, 0.2) is 0 Å². The van der Waals surface area contributed by atoms with Crippen LogP contribution in [0.1, 0.15) is 15.9 Å². The van der Waals surface area contributed by atoms with E-state index in [0.717, 1.165) is 11.3 Å². The lowest BCUT2D eigenvalue weighted by Crippen LogP contribution is -2.28. The Kier molecular flexibility index (Phi) is 5.33. The molecule has 0 aliphatic heterocycles. The van der Waals surface area contributed by atoms with Gasteiger partial charge < -0.3 is 10.1 Å². The van der Waals surface area contributed by atoms with Gasteiger partial charge in [0.25, 0.3) is 5.91 Å². The predicted molar refractivity (Wildman–Crippen MR) is 83.1 cm³/mol. The van der Waals surface area contributed by atoms with E-state index in [9.17, 15) is 9.18 Å². The molecule has 0 heterocycles. The standard InChI is InChI=1S/C16H15BrFNO2/c1-11-2-5-13(6-3-11)21-9-8-19-16(20)14-10-12(17)4-7-15(14)18/h2-7,10H,8-9H2,1H3,(H,19,20). The number of hydrogen-bond donors (Lipinski definition) is 1. The van der Waals surface area contributed by atoms with E-state index >= 15 is 0 Å². The van der Waals surface area contributed by atoms with Crippen molar-refractivity contribution in [2.45, 2.75) is 6.92 Å². The summed E-state index contributed by atoms with van der Waals surface area (Å²) in [6, 6.07) is 11.9. The Bertz CT molecular complexity index is 629. The van der Waals surface area contributed by atoms with E-state index < -0.39 is 11.7 Å². The minimum absolute atomic E-state index is 0.0136. The summed E-state index contributed by atoms with van der Waals surface area (Å²) >= 11 is 3.21. The Balaban J connectivity index is 1.81. The maximum atomic E-state index is 13.5. The van der Waals surface area contributed by atoms with Crippen LogP contribution in [0.15, 0.2) is 46.9 Å². The molecular formula is C16H15BrFNO2. The number of hydrogen-bond acceptors (Lipinski definition) is 2. The lowest BCUT2D eigenvalue weighted by atomic mass is 10.2. The van der Waals surface area contributed by atoms with Crippen LogP contribution in [0.3, 0.4) is 0 Å². The third kappa shape index (κ3) is 4.56. The van der Waals surface area contributed by atoms with Crippen LogP contribution >= 0.6 is 15.9 Å². The van der Waals surface area contributed by atoms with Crippen molar-refractivity contribution in [3.63, 3.8) is 0 Å². The highest BCUT2D eigenvalue weighted by Gasteiger charge is 2.11. The molecule has 0 unspecified atom stereocenters. The summed E-state index contributed by atoms with van der Waals surface area (Å²) in [6.45, 7) is 2.62. The van der Waals surface area contributed by atoms with Gasteiger partial charge in [-0.15, -0.1) is 0 Å². The molecule has 2 aromatic carbocycles. The average Bonchev–Trinajstić information content (AvgIpc) is 2.47. The van der Waals surface area contributed by atoms with Crippen LogP contribution in [0.4, 0.5) is 4.39 Å². The molecule has 3 nitrogen and oxygen atoms in total. The monoisotopic (exact) mass is 351 g/mol. The molecule has 2 rings (SSSR count). The van der Waals surface area contributed by atoms with Crippen LogP contribution in [-0.2, 0) is 0 Å². The molecule has 1 amide bonds. The first-order chi connectivity index (χ1) is 10.1. The lowest BCUT2D eigenvalue weighted by molar-refractivity contribution is 0.0943. The minimum Gasteiger partial charge on any atom is -0.492 e. The van der Waals surface area contributed by atoms with Gasteiger partial charge in [-0.1, -0.05) is 33.6 Å². The summed E-state index contributed by atoms with van der Waals surface area (Å²) in [4.78, 5) is 11.8. The highest BCUT2D eigenvalue weighted by atomic mass is 79.9. The van der Waals surface area contributed by atoms with Crippen molar-refractivity contribution < 1.29 is 13.9 Å². The molecule has 0 radical (unpaired) electrons. The minimum atomic E-state index is -0.546. The highest BCUT2D eigenvalue weighted by Crippen LogP contribution is 2.15. The first-order valence-corrected chi connectivity index (χ1v) is 7.28. The first-order valence-electron chi connectivity index (χ1n) is 6.49. The van der Waals surface area contributed by atoms with Crippen LogP contribution in [-0.4, -0.2) is 19.1 Å².